The summed E-state index contributed by atoms with van der Waals surface area (Å²) in [6, 6.07) is 110. The van der Waals surface area contributed by atoms with Crippen molar-refractivity contribution in [3.63, 3.8) is 0 Å². The molecular weight excluding hydrogens is 965 g/mol. The molecule has 1 aromatic heterocycles. The van der Waals surface area contributed by atoms with E-state index in [4.69, 9.17) is 0 Å². The SMILES string of the molecule is c1ccc(-c2cccc(N(c3ccc4c(c3)C3(c5ccccc5-c5ccccc53)c3ccccc3-4)c3ccc4cc(-c5ccc6c(c5)C5(c7ccccc7-6)c6ccccc6-n6c7ccccc7c7cccc5c76)ccc4c3)c2)cc1. The van der Waals surface area contributed by atoms with Gasteiger partial charge in [-0.25, -0.2) is 0 Å². The average molecular weight is 1010 g/mol. The first kappa shape index (κ1) is 43.8. The highest BCUT2D eigenvalue weighted by atomic mass is 15.1. The zero-order valence-corrected chi connectivity index (χ0v) is 43.6. The van der Waals surface area contributed by atoms with E-state index in [-0.39, 0.29) is 0 Å². The Balaban J connectivity index is 0.804. The van der Waals surface area contributed by atoms with E-state index < -0.39 is 10.8 Å². The lowest BCUT2D eigenvalue weighted by Gasteiger charge is -2.39. The van der Waals surface area contributed by atoms with E-state index in [1.54, 1.807) is 0 Å². The number of nitrogens with zero attached hydrogens (tertiary/aromatic N) is 2. The van der Waals surface area contributed by atoms with Crippen molar-refractivity contribution in [1.29, 1.82) is 0 Å². The summed E-state index contributed by atoms with van der Waals surface area (Å²) in [5, 5.41) is 4.96. The maximum absolute atomic E-state index is 2.53. The predicted molar refractivity (Wildman–Crippen MR) is 331 cm³/mol. The Bertz CT molecular complexity index is 4920. The fourth-order valence-electron chi connectivity index (χ4n) is 15.4. The van der Waals surface area contributed by atoms with Crippen LogP contribution < -0.4 is 4.90 Å². The number of fused-ring (bicyclic) bond motifs is 23. The Morgan fingerprint density at radius 1 is 0.250 bits per heavy atom. The van der Waals surface area contributed by atoms with E-state index in [0.717, 1.165) is 17.1 Å². The minimum atomic E-state index is -0.514. The largest absolute Gasteiger partial charge is 0.310 e. The summed E-state index contributed by atoms with van der Waals surface area (Å²) in [5.74, 6) is 0. The van der Waals surface area contributed by atoms with E-state index >= 15 is 0 Å². The molecule has 0 saturated carbocycles. The number of benzene rings is 13. The molecule has 2 spiro atoms. The summed E-state index contributed by atoms with van der Waals surface area (Å²) in [6.07, 6.45) is 0. The summed E-state index contributed by atoms with van der Waals surface area (Å²) in [5.41, 5.74) is 29.4. The van der Waals surface area contributed by atoms with Crippen LogP contribution in [0, 0.1) is 0 Å². The van der Waals surface area contributed by atoms with Crippen molar-refractivity contribution in [2.75, 3.05) is 4.90 Å². The van der Waals surface area contributed by atoms with Gasteiger partial charge >= 0.3 is 0 Å². The summed E-state index contributed by atoms with van der Waals surface area (Å²) >= 11 is 0. The molecule has 0 fully saturated rings. The molecule has 13 aromatic carbocycles. The molecule has 0 saturated heterocycles. The third-order valence-electron chi connectivity index (χ3n) is 18.6. The monoisotopic (exact) mass is 1010 g/mol. The van der Waals surface area contributed by atoms with Crippen molar-refractivity contribution >= 4 is 49.6 Å². The van der Waals surface area contributed by atoms with E-state index in [2.05, 4.69) is 301 Å². The molecule has 0 radical (unpaired) electrons. The molecule has 1 aliphatic heterocycles. The second kappa shape index (κ2) is 16.1. The Morgan fingerprint density at radius 3 is 1.43 bits per heavy atom. The second-order valence-electron chi connectivity index (χ2n) is 22.2. The van der Waals surface area contributed by atoms with Crippen molar-refractivity contribution in [3.05, 3.63) is 336 Å². The smallest absolute Gasteiger partial charge is 0.0754 e. The van der Waals surface area contributed by atoms with Crippen LogP contribution in [0.2, 0.25) is 0 Å². The van der Waals surface area contributed by atoms with Crippen LogP contribution in [0.15, 0.2) is 291 Å². The summed E-state index contributed by atoms with van der Waals surface area (Å²) < 4.78 is 2.53. The average Bonchev–Trinajstić information content (AvgIpc) is 3.87. The van der Waals surface area contributed by atoms with Gasteiger partial charge in [-0.15, -0.1) is 0 Å². The second-order valence-corrected chi connectivity index (χ2v) is 22.2. The highest BCUT2D eigenvalue weighted by Crippen LogP contribution is 2.64. The van der Waals surface area contributed by atoms with Gasteiger partial charge in [-0.3, -0.25) is 0 Å². The van der Waals surface area contributed by atoms with Gasteiger partial charge in [-0.05, 0) is 172 Å². The van der Waals surface area contributed by atoms with Gasteiger partial charge in [0.25, 0.3) is 0 Å². The van der Waals surface area contributed by atoms with Gasteiger partial charge in [-0.1, -0.05) is 231 Å². The molecule has 1 unspecified atom stereocenters. The Labute approximate surface area is 464 Å². The van der Waals surface area contributed by atoms with Crippen molar-refractivity contribution in [2.24, 2.45) is 0 Å². The lowest BCUT2D eigenvalue weighted by molar-refractivity contribution is 0.749. The molecule has 1 atom stereocenters. The number of hydrogen-bond donors (Lipinski definition) is 0. The normalized spacial score (nSPS) is 15.2. The first-order valence-corrected chi connectivity index (χ1v) is 28.0. The van der Waals surface area contributed by atoms with Crippen molar-refractivity contribution in [2.45, 2.75) is 10.8 Å². The lowest BCUT2D eigenvalue weighted by atomic mass is 9.65. The molecule has 0 bridgehead atoms. The van der Waals surface area contributed by atoms with Crippen molar-refractivity contribution in [1.82, 2.24) is 4.57 Å². The van der Waals surface area contributed by atoms with Crippen LogP contribution in [0.25, 0.3) is 93.9 Å². The van der Waals surface area contributed by atoms with Crippen LogP contribution in [0.5, 0.6) is 0 Å². The topological polar surface area (TPSA) is 8.17 Å². The van der Waals surface area contributed by atoms with E-state index in [9.17, 15) is 0 Å². The first-order chi connectivity index (χ1) is 39.7. The van der Waals surface area contributed by atoms with Gasteiger partial charge in [0.1, 0.15) is 0 Å². The number of hydrogen-bond acceptors (Lipinski definition) is 1. The fraction of sp³-hybridized carbons (Fsp3) is 0.0256. The molecule has 4 aliphatic rings. The van der Waals surface area contributed by atoms with E-state index in [1.807, 2.05) is 0 Å². The summed E-state index contributed by atoms with van der Waals surface area (Å²) in [7, 11) is 0. The van der Waals surface area contributed by atoms with Crippen LogP contribution in [-0.4, -0.2) is 4.57 Å². The summed E-state index contributed by atoms with van der Waals surface area (Å²) in [4.78, 5) is 2.48. The summed E-state index contributed by atoms with van der Waals surface area (Å²) in [6.45, 7) is 0. The number of aromatic nitrogens is 1. The molecule has 2 nitrogen and oxygen atoms in total. The molecule has 2 heteroatoms. The minimum absolute atomic E-state index is 0.458. The Kier molecular flexibility index (Phi) is 8.83. The third-order valence-corrected chi connectivity index (χ3v) is 18.6. The molecule has 14 aromatic rings. The van der Waals surface area contributed by atoms with Crippen LogP contribution in [-0.2, 0) is 10.8 Å². The molecule has 0 amide bonds. The van der Waals surface area contributed by atoms with Gasteiger partial charge in [0, 0.05) is 27.8 Å². The highest BCUT2D eigenvalue weighted by molar-refractivity contribution is 6.13. The zero-order chi connectivity index (χ0) is 52.3. The quantitative estimate of drug-likeness (QED) is 0.167. The zero-order valence-electron chi connectivity index (χ0n) is 43.6. The maximum Gasteiger partial charge on any atom is 0.0754 e. The van der Waals surface area contributed by atoms with Crippen molar-refractivity contribution in [3.8, 4) is 61.3 Å². The molecular formula is C78H48N2. The molecule has 0 N–H and O–H groups in total. The van der Waals surface area contributed by atoms with E-state index in [1.165, 1.54) is 138 Å². The van der Waals surface area contributed by atoms with Gasteiger partial charge < -0.3 is 9.47 Å². The molecule has 370 valence electrons. The highest BCUT2D eigenvalue weighted by Gasteiger charge is 2.53. The molecule has 3 aliphatic carbocycles. The molecule has 80 heavy (non-hydrogen) atoms. The van der Waals surface area contributed by atoms with Crippen LogP contribution in [0.3, 0.4) is 0 Å². The number of rotatable bonds is 5. The van der Waals surface area contributed by atoms with E-state index in [0.29, 0.717) is 0 Å². The van der Waals surface area contributed by atoms with Crippen LogP contribution in [0.4, 0.5) is 17.1 Å². The van der Waals surface area contributed by atoms with Crippen LogP contribution in [0.1, 0.15) is 44.5 Å². The van der Waals surface area contributed by atoms with Gasteiger partial charge in [0.2, 0.25) is 0 Å². The first-order valence-electron chi connectivity index (χ1n) is 28.0. The number of anilines is 3. The molecule has 18 rings (SSSR count). The van der Waals surface area contributed by atoms with Gasteiger partial charge in [0.05, 0.1) is 27.6 Å². The fourth-order valence-corrected chi connectivity index (χ4v) is 15.4. The number of para-hydroxylation sites is 3. The van der Waals surface area contributed by atoms with Crippen LogP contribution >= 0.6 is 0 Å². The van der Waals surface area contributed by atoms with Gasteiger partial charge in [-0.2, -0.15) is 0 Å². The third kappa shape index (κ3) is 5.61. The van der Waals surface area contributed by atoms with Gasteiger partial charge in [0.15, 0.2) is 0 Å². The lowest BCUT2D eigenvalue weighted by Crippen LogP contribution is -2.33. The molecule has 2 heterocycles. The Hall–Kier alpha value is -10.3. The maximum atomic E-state index is 2.53. The Morgan fingerprint density at radius 2 is 0.700 bits per heavy atom. The standard InChI is InChI=1S/C78H48N2/c1-2-18-49(19-3-1)50-20-16-21-55(45-50)79(57-41-43-63-61-25-6-11-30-68(61)77(73(63)48-57)66-28-9-4-22-58(66)59-23-5-10-29-67(59)77)56-40-38-52-44-51(36-37-53(52)46-56)54-39-42-62-60-24-7-12-31-69(60)78(72(62)47-54)70-32-13-15-35-75(70)80-74-34-14-8-26-64(74)65-27-17-33-71(78)76(65)80/h1-48H. The minimum Gasteiger partial charge on any atom is -0.310 e. The predicted octanol–water partition coefficient (Wildman–Crippen LogP) is 19.8. The van der Waals surface area contributed by atoms with Crippen molar-refractivity contribution < 1.29 is 0 Å².